The Labute approximate surface area is 144 Å². The summed E-state index contributed by atoms with van der Waals surface area (Å²) >= 11 is 0. The molecule has 25 heavy (non-hydrogen) atoms. The van der Waals surface area contributed by atoms with Crippen molar-refractivity contribution in [2.75, 3.05) is 10.6 Å². The van der Waals surface area contributed by atoms with E-state index >= 15 is 0 Å². The summed E-state index contributed by atoms with van der Waals surface area (Å²) in [6, 6.07) is 12.8. The Bertz CT molecular complexity index is 817. The van der Waals surface area contributed by atoms with Crippen LogP contribution in [0.1, 0.15) is 15.9 Å². The molecule has 5 N–H and O–H groups in total. The van der Waals surface area contributed by atoms with E-state index in [4.69, 9.17) is 5.73 Å². The third-order valence-electron chi connectivity index (χ3n) is 3.29. The van der Waals surface area contributed by atoms with Gasteiger partial charge in [-0.1, -0.05) is 30.8 Å². The van der Waals surface area contributed by atoms with E-state index in [2.05, 4.69) is 22.5 Å². The largest absolute Gasteiger partial charge is 0.351 e. The van der Waals surface area contributed by atoms with Crippen molar-refractivity contribution >= 4 is 29.2 Å². The maximum absolute atomic E-state index is 12.5. The average molecular weight is 338 g/mol. The summed E-state index contributed by atoms with van der Waals surface area (Å²) in [7, 11) is 0. The van der Waals surface area contributed by atoms with Crippen LogP contribution in [0.2, 0.25) is 0 Å². The first-order chi connectivity index (χ1) is 12.0. The highest BCUT2D eigenvalue weighted by Gasteiger charge is 2.12. The van der Waals surface area contributed by atoms with Gasteiger partial charge in [-0.15, -0.1) is 0 Å². The highest BCUT2D eigenvalue weighted by atomic mass is 16.2. The fourth-order valence-corrected chi connectivity index (χ4v) is 2.17. The Morgan fingerprint density at radius 2 is 1.68 bits per heavy atom. The SMILES string of the molecule is C=CC(=O)NCc1ccccc1C(=O)Nc1cccc(NC(N)=O)c1. The summed E-state index contributed by atoms with van der Waals surface area (Å²) in [5, 5.41) is 7.83. The van der Waals surface area contributed by atoms with Crippen LogP contribution in [-0.2, 0) is 11.3 Å². The highest BCUT2D eigenvalue weighted by Crippen LogP contribution is 2.17. The molecule has 0 heterocycles. The topological polar surface area (TPSA) is 113 Å². The molecule has 7 heteroatoms. The molecule has 0 aromatic heterocycles. The molecule has 0 aliphatic carbocycles. The van der Waals surface area contributed by atoms with Crippen molar-refractivity contribution in [1.82, 2.24) is 5.32 Å². The molecule has 4 amide bonds. The second-order valence-electron chi connectivity index (χ2n) is 5.10. The van der Waals surface area contributed by atoms with Gasteiger partial charge in [-0.25, -0.2) is 4.79 Å². The number of hydrogen-bond donors (Lipinski definition) is 4. The lowest BCUT2D eigenvalue weighted by Crippen LogP contribution is -2.23. The number of anilines is 2. The molecule has 0 bridgehead atoms. The monoisotopic (exact) mass is 338 g/mol. The van der Waals surface area contributed by atoms with Crippen molar-refractivity contribution in [1.29, 1.82) is 0 Å². The molecule has 0 atom stereocenters. The Balaban J connectivity index is 2.14. The van der Waals surface area contributed by atoms with E-state index in [1.807, 2.05) is 0 Å². The van der Waals surface area contributed by atoms with Crippen LogP contribution in [0.5, 0.6) is 0 Å². The summed E-state index contributed by atoms with van der Waals surface area (Å²) < 4.78 is 0. The number of benzene rings is 2. The van der Waals surface area contributed by atoms with Gasteiger partial charge in [0.1, 0.15) is 0 Å². The molecule has 0 fully saturated rings. The Morgan fingerprint density at radius 3 is 2.36 bits per heavy atom. The number of urea groups is 1. The van der Waals surface area contributed by atoms with Crippen LogP contribution in [0.15, 0.2) is 61.2 Å². The maximum Gasteiger partial charge on any atom is 0.316 e. The van der Waals surface area contributed by atoms with Crippen molar-refractivity contribution in [3.63, 3.8) is 0 Å². The van der Waals surface area contributed by atoms with Crippen LogP contribution in [-0.4, -0.2) is 17.8 Å². The second kappa shape index (κ2) is 8.30. The van der Waals surface area contributed by atoms with Crippen molar-refractivity contribution in [2.24, 2.45) is 5.73 Å². The molecule has 7 nitrogen and oxygen atoms in total. The maximum atomic E-state index is 12.5. The molecule has 0 unspecified atom stereocenters. The zero-order valence-corrected chi connectivity index (χ0v) is 13.4. The van der Waals surface area contributed by atoms with Crippen molar-refractivity contribution in [2.45, 2.75) is 6.54 Å². The number of hydrogen-bond acceptors (Lipinski definition) is 3. The van der Waals surface area contributed by atoms with E-state index < -0.39 is 6.03 Å². The standard InChI is InChI=1S/C18H18N4O3/c1-2-16(23)20-11-12-6-3-4-9-15(12)17(24)21-13-7-5-8-14(10-13)22-18(19)25/h2-10H,1,11H2,(H,20,23)(H,21,24)(H3,19,22,25). The molecule has 2 aromatic rings. The molecule has 2 rings (SSSR count). The lowest BCUT2D eigenvalue weighted by molar-refractivity contribution is -0.116. The number of primary amides is 1. The number of nitrogens with two attached hydrogens (primary N) is 1. The smallest absolute Gasteiger partial charge is 0.316 e. The van der Waals surface area contributed by atoms with Crippen LogP contribution in [0.4, 0.5) is 16.2 Å². The van der Waals surface area contributed by atoms with Gasteiger partial charge in [0.15, 0.2) is 0 Å². The van der Waals surface area contributed by atoms with Gasteiger partial charge in [-0.3, -0.25) is 9.59 Å². The van der Waals surface area contributed by atoms with Crippen LogP contribution in [0.25, 0.3) is 0 Å². The summed E-state index contributed by atoms with van der Waals surface area (Å²) in [6.07, 6.45) is 1.17. The summed E-state index contributed by atoms with van der Waals surface area (Å²) in [6.45, 7) is 3.59. The molecule has 2 aromatic carbocycles. The number of nitrogens with one attached hydrogen (secondary N) is 3. The zero-order valence-electron chi connectivity index (χ0n) is 13.4. The van der Waals surface area contributed by atoms with Crippen LogP contribution < -0.4 is 21.7 Å². The van der Waals surface area contributed by atoms with Gasteiger partial charge < -0.3 is 21.7 Å². The molecule has 0 spiro atoms. The number of amides is 4. The Kier molecular flexibility index (Phi) is 5.89. The van der Waals surface area contributed by atoms with Gasteiger partial charge in [0, 0.05) is 23.5 Å². The number of carbonyl (C=O) groups is 3. The normalized spacial score (nSPS) is 9.76. The molecule has 0 aliphatic heterocycles. The van der Waals surface area contributed by atoms with Gasteiger partial charge in [0.25, 0.3) is 5.91 Å². The predicted molar refractivity (Wildman–Crippen MR) is 96.1 cm³/mol. The van der Waals surface area contributed by atoms with E-state index in [1.165, 1.54) is 6.08 Å². The Morgan fingerprint density at radius 1 is 1.00 bits per heavy atom. The van der Waals surface area contributed by atoms with E-state index in [-0.39, 0.29) is 18.4 Å². The molecular weight excluding hydrogens is 320 g/mol. The predicted octanol–water partition coefficient (Wildman–Crippen LogP) is 2.23. The number of rotatable bonds is 6. The molecule has 0 saturated heterocycles. The van der Waals surface area contributed by atoms with Crippen molar-refractivity contribution in [3.8, 4) is 0 Å². The lowest BCUT2D eigenvalue weighted by Gasteiger charge is -2.11. The number of carbonyl (C=O) groups excluding carboxylic acids is 3. The molecule has 0 saturated carbocycles. The van der Waals surface area contributed by atoms with Crippen LogP contribution in [0.3, 0.4) is 0 Å². The summed E-state index contributed by atoms with van der Waals surface area (Å²) in [5.74, 6) is -0.653. The van der Waals surface area contributed by atoms with E-state index in [0.717, 1.165) is 0 Å². The minimum absolute atomic E-state index is 0.206. The highest BCUT2D eigenvalue weighted by molar-refractivity contribution is 6.05. The van der Waals surface area contributed by atoms with Crippen LogP contribution >= 0.6 is 0 Å². The van der Waals surface area contributed by atoms with E-state index in [0.29, 0.717) is 22.5 Å². The fourth-order valence-electron chi connectivity index (χ4n) is 2.17. The molecular formula is C18H18N4O3. The van der Waals surface area contributed by atoms with Crippen molar-refractivity contribution in [3.05, 3.63) is 72.3 Å². The Hall–Kier alpha value is -3.61. The summed E-state index contributed by atoms with van der Waals surface area (Å²) in [5.41, 5.74) is 7.15. The zero-order chi connectivity index (χ0) is 18.2. The van der Waals surface area contributed by atoms with Gasteiger partial charge >= 0.3 is 6.03 Å². The first-order valence-electron chi connectivity index (χ1n) is 7.45. The quantitative estimate of drug-likeness (QED) is 0.606. The van der Waals surface area contributed by atoms with E-state index in [9.17, 15) is 14.4 Å². The van der Waals surface area contributed by atoms with Gasteiger partial charge in [0.2, 0.25) is 5.91 Å². The minimum atomic E-state index is -0.688. The molecule has 0 radical (unpaired) electrons. The fraction of sp³-hybridized carbons (Fsp3) is 0.0556. The second-order valence-corrected chi connectivity index (χ2v) is 5.10. The van der Waals surface area contributed by atoms with Crippen LogP contribution in [0, 0.1) is 0 Å². The van der Waals surface area contributed by atoms with Gasteiger partial charge in [-0.05, 0) is 35.9 Å². The van der Waals surface area contributed by atoms with Gasteiger partial charge in [-0.2, -0.15) is 0 Å². The minimum Gasteiger partial charge on any atom is -0.351 e. The third kappa shape index (κ3) is 5.21. The van der Waals surface area contributed by atoms with E-state index in [1.54, 1.807) is 48.5 Å². The van der Waals surface area contributed by atoms with Crippen molar-refractivity contribution < 1.29 is 14.4 Å². The first kappa shape index (κ1) is 17.7. The average Bonchev–Trinajstić information content (AvgIpc) is 2.59. The lowest BCUT2D eigenvalue weighted by atomic mass is 10.1. The third-order valence-corrected chi connectivity index (χ3v) is 3.29. The summed E-state index contributed by atoms with van der Waals surface area (Å²) in [4.78, 5) is 34.7. The molecule has 0 aliphatic rings. The first-order valence-corrected chi connectivity index (χ1v) is 7.45. The van der Waals surface area contributed by atoms with Gasteiger partial charge in [0.05, 0.1) is 0 Å². The molecule has 128 valence electrons.